The average Bonchev–Trinajstić information content (AvgIpc) is 3.19. The molecule has 9 rings (SSSR count). The Kier molecular flexibility index (Phi) is 7.08. The van der Waals surface area contributed by atoms with Gasteiger partial charge in [-0.1, -0.05) is 146 Å². The van der Waals surface area contributed by atoms with E-state index in [9.17, 15) is 5.26 Å². The summed E-state index contributed by atoms with van der Waals surface area (Å²) in [5, 5.41) is 14.7. The molecule has 50 heavy (non-hydrogen) atoms. The standard InChI is InChI=1S/C48H33NO/c1-50-38-28-24-33(25-29-38)39-19-11-15-36-30-35-14-5-6-16-40(35)47(46(36)39)48(37-26-22-32(31-49)23-27-37)43-20-9-7-17-41(43)45(34-12-3-2-4-13-34)42-18-8-10-21-44(42)48/h2-30,45H,1H3. The van der Waals surface area contributed by atoms with Gasteiger partial charge in [0.25, 0.3) is 0 Å². The highest BCUT2D eigenvalue weighted by Gasteiger charge is 2.48. The summed E-state index contributed by atoms with van der Waals surface area (Å²) in [4.78, 5) is 0. The van der Waals surface area contributed by atoms with E-state index in [4.69, 9.17) is 4.74 Å². The summed E-state index contributed by atoms with van der Waals surface area (Å²) in [6.45, 7) is 0. The summed E-state index contributed by atoms with van der Waals surface area (Å²) in [6, 6.07) is 65.8. The van der Waals surface area contributed by atoms with Crippen LogP contribution >= 0.6 is 0 Å². The van der Waals surface area contributed by atoms with Crippen LogP contribution in [0.3, 0.4) is 0 Å². The predicted octanol–water partition coefficient (Wildman–Crippen LogP) is 11.4. The fraction of sp³-hybridized carbons (Fsp3) is 0.0625. The van der Waals surface area contributed by atoms with E-state index in [2.05, 4.69) is 158 Å². The monoisotopic (exact) mass is 639 g/mol. The van der Waals surface area contributed by atoms with Gasteiger partial charge in [-0.3, -0.25) is 0 Å². The van der Waals surface area contributed by atoms with Crippen LogP contribution in [0, 0.1) is 11.3 Å². The molecule has 0 bridgehead atoms. The topological polar surface area (TPSA) is 33.0 Å². The van der Waals surface area contributed by atoms with Gasteiger partial charge < -0.3 is 4.74 Å². The molecule has 2 nitrogen and oxygen atoms in total. The van der Waals surface area contributed by atoms with Crippen molar-refractivity contribution in [1.82, 2.24) is 0 Å². The molecule has 0 radical (unpaired) electrons. The molecular weight excluding hydrogens is 607 g/mol. The minimum Gasteiger partial charge on any atom is -0.497 e. The normalized spacial score (nSPS) is 16.4. The van der Waals surface area contributed by atoms with E-state index >= 15 is 0 Å². The second-order valence-corrected chi connectivity index (χ2v) is 13.1. The molecule has 0 saturated heterocycles. The first kappa shape index (κ1) is 29.7. The highest BCUT2D eigenvalue weighted by Crippen LogP contribution is 2.58. The van der Waals surface area contributed by atoms with E-state index in [0.717, 1.165) is 16.9 Å². The lowest BCUT2D eigenvalue weighted by atomic mass is 9.55. The Morgan fingerprint density at radius 2 is 1.20 bits per heavy atom. The summed E-state index contributed by atoms with van der Waals surface area (Å²) in [6.07, 6.45) is 0. The number of methoxy groups -OCH3 is 1. The SMILES string of the molecule is COc1ccc(-c2cccc3cc4ccccc4c(C4(c5ccc(C#N)cc5)c5ccccc5C(c5ccccc5)c5ccccc54)c23)cc1. The van der Waals surface area contributed by atoms with Crippen molar-refractivity contribution < 1.29 is 4.74 Å². The molecule has 0 saturated carbocycles. The third kappa shape index (κ3) is 4.41. The van der Waals surface area contributed by atoms with Crippen molar-refractivity contribution in [1.29, 1.82) is 5.26 Å². The molecule has 0 amide bonds. The first-order valence-corrected chi connectivity index (χ1v) is 17.1. The van der Waals surface area contributed by atoms with Crippen LogP contribution in [0.25, 0.3) is 32.7 Å². The molecule has 8 aromatic rings. The molecule has 2 heteroatoms. The largest absolute Gasteiger partial charge is 0.497 e. The second kappa shape index (κ2) is 11.9. The molecule has 0 heterocycles. The molecule has 8 aromatic carbocycles. The molecule has 0 N–H and O–H groups in total. The van der Waals surface area contributed by atoms with Crippen LogP contribution in [0.1, 0.15) is 50.4 Å². The Hall–Kier alpha value is -6.43. The third-order valence-electron chi connectivity index (χ3n) is 10.6. The number of nitriles is 1. The van der Waals surface area contributed by atoms with Gasteiger partial charge in [0.2, 0.25) is 0 Å². The lowest BCUT2D eigenvalue weighted by Gasteiger charge is -2.46. The van der Waals surface area contributed by atoms with E-state index < -0.39 is 5.41 Å². The maximum Gasteiger partial charge on any atom is 0.118 e. The number of fused-ring (bicyclic) bond motifs is 4. The van der Waals surface area contributed by atoms with Gasteiger partial charge in [0, 0.05) is 5.92 Å². The molecule has 0 aliphatic heterocycles. The number of hydrogen-bond acceptors (Lipinski definition) is 2. The maximum atomic E-state index is 9.92. The van der Waals surface area contributed by atoms with E-state index in [-0.39, 0.29) is 5.92 Å². The van der Waals surface area contributed by atoms with Crippen molar-refractivity contribution in [2.24, 2.45) is 0 Å². The number of benzene rings is 8. The molecule has 0 fully saturated rings. The summed E-state index contributed by atoms with van der Waals surface area (Å²) in [5.41, 5.74) is 10.9. The van der Waals surface area contributed by atoms with Crippen LogP contribution in [-0.4, -0.2) is 7.11 Å². The molecule has 236 valence electrons. The van der Waals surface area contributed by atoms with Gasteiger partial charge in [-0.25, -0.2) is 0 Å². The number of nitrogens with zero attached hydrogens (tertiary/aromatic N) is 1. The van der Waals surface area contributed by atoms with Crippen LogP contribution in [0.5, 0.6) is 5.75 Å². The average molecular weight is 640 g/mol. The molecule has 0 atom stereocenters. The summed E-state index contributed by atoms with van der Waals surface area (Å²) in [7, 11) is 1.71. The van der Waals surface area contributed by atoms with Gasteiger partial charge in [0.15, 0.2) is 0 Å². The van der Waals surface area contributed by atoms with Crippen molar-refractivity contribution in [2.45, 2.75) is 11.3 Å². The van der Waals surface area contributed by atoms with E-state index in [1.165, 1.54) is 60.5 Å². The van der Waals surface area contributed by atoms with Gasteiger partial charge in [-0.2, -0.15) is 5.26 Å². The Morgan fingerprint density at radius 3 is 1.88 bits per heavy atom. The van der Waals surface area contributed by atoms with Crippen LogP contribution in [0.15, 0.2) is 176 Å². The Balaban J connectivity index is 1.52. The second-order valence-electron chi connectivity index (χ2n) is 13.1. The molecule has 0 spiro atoms. The van der Waals surface area contributed by atoms with E-state index in [1.807, 2.05) is 24.3 Å². The Labute approximate surface area is 292 Å². The number of ether oxygens (including phenoxy) is 1. The molecule has 1 aliphatic carbocycles. The van der Waals surface area contributed by atoms with Gasteiger partial charge in [-0.15, -0.1) is 0 Å². The van der Waals surface area contributed by atoms with Gasteiger partial charge in [0.1, 0.15) is 5.75 Å². The number of hydrogen-bond donors (Lipinski definition) is 0. The van der Waals surface area contributed by atoms with Crippen molar-refractivity contribution in [3.8, 4) is 22.9 Å². The highest BCUT2D eigenvalue weighted by molar-refractivity contribution is 6.11. The Morgan fingerprint density at radius 1 is 0.580 bits per heavy atom. The van der Waals surface area contributed by atoms with Crippen LogP contribution in [0.4, 0.5) is 0 Å². The fourth-order valence-corrected chi connectivity index (χ4v) is 8.54. The van der Waals surface area contributed by atoms with Crippen LogP contribution < -0.4 is 4.74 Å². The maximum absolute atomic E-state index is 9.92. The summed E-state index contributed by atoms with van der Waals surface area (Å²) in [5.74, 6) is 0.883. The lowest BCUT2D eigenvalue weighted by Crippen LogP contribution is -2.38. The minimum atomic E-state index is -0.728. The van der Waals surface area contributed by atoms with Crippen LogP contribution in [-0.2, 0) is 5.41 Å². The van der Waals surface area contributed by atoms with Gasteiger partial charge in [-0.05, 0) is 102 Å². The lowest BCUT2D eigenvalue weighted by molar-refractivity contribution is 0.415. The predicted molar refractivity (Wildman–Crippen MR) is 204 cm³/mol. The first-order chi connectivity index (χ1) is 24.7. The quantitative estimate of drug-likeness (QED) is 0.176. The zero-order chi connectivity index (χ0) is 33.7. The number of rotatable bonds is 5. The van der Waals surface area contributed by atoms with Gasteiger partial charge >= 0.3 is 0 Å². The first-order valence-electron chi connectivity index (χ1n) is 17.1. The summed E-state index contributed by atoms with van der Waals surface area (Å²) >= 11 is 0. The molecule has 0 unspecified atom stereocenters. The van der Waals surface area contributed by atoms with Crippen LogP contribution in [0.2, 0.25) is 0 Å². The molecule has 0 aromatic heterocycles. The Bertz CT molecular complexity index is 2530. The zero-order valence-corrected chi connectivity index (χ0v) is 27.7. The van der Waals surface area contributed by atoms with E-state index in [0.29, 0.717) is 5.56 Å². The molecular formula is C48H33NO. The molecule has 1 aliphatic rings. The third-order valence-corrected chi connectivity index (χ3v) is 10.6. The zero-order valence-electron chi connectivity index (χ0n) is 27.7. The van der Waals surface area contributed by atoms with Crippen molar-refractivity contribution >= 4 is 21.5 Å². The van der Waals surface area contributed by atoms with Crippen molar-refractivity contribution in [2.75, 3.05) is 7.11 Å². The van der Waals surface area contributed by atoms with E-state index in [1.54, 1.807) is 7.11 Å². The van der Waals surface area contributed by atoms with Gasteiger partial charge in [0.05, 0.1) is 24.2 Å². The smallest absolute Gasteiger partial charge is 0.118 e. The highest BCUT2D eigenvalue weighted by atomic mass is 16.5. The summed E-state index contributed by atoms with van der Waals surface area (Å²) < 4.78 is 5.56. The minimum absolute atomic E-state index is 0.0532. The van der Waals surface area contributed by atoms with Crippen molar-refractivity contribution in [3.63, 3.8) is 0 Å². The van der Waals surface area contributed by atoms with Crippen molar-refractivity contribution in [3.05, 3.63) is 220 Å². The fourth-order valence-electron chi connectivity index (χ4n) is 8.54.